The Labute approximate surface area is 254 Å². The smallest absolute Gasteiger partial charge is 0.330 e. The molecule has 4 rings (SSSR count). The SMILES string of the molecule is C[C@@H]1O[C@@H](O[C@@H]2C[C@@H]3C/C=C/C(=O)O[C@H](CO)C[C@H](O)[C@@H]4C[C@H](C)[C@H](C/C=C\C=C\[C@H](C)C[C@H](C2)O3)O4)[C@H](O)[C@H](O)[C@H]1O. The van der Waals surface area contributed by atoms with Gasteiger partial charge < -0.3 is 49.2 Å². The van der Waals surface area contributed by atoms with E-state index in [2.05, 4.69) is 26.0 Å². The minimum absolute atomic E-state index is 0.0302. The van der Waals surface area contributed by atoms with Gasteiger partial charge in [-0.1, -0.05) is 44.2 Å². The average molecular weight is 611 g/mol. The molecule has 0 aliphatic carbocycles. The van der Waals surface area contributed by atoms with Crippen LogP contribution in [0.2, 0.25) is 0 Å². The van der Waals surface area contributed by atoms with E-state index in [1.807, 2.05) is 12.2 Å². The van der Waals surface area contributed by atoms with Crippen molar-refractivity contribution in [1.82, 2.24) is 0 Å². The van der Waals surface area contributed by atoms with Crippen LogP contribution in [-0.4, -0.2) is 112 Å². The van der Waals surface area contributed by atoms with Gasteiger partial charge in [0, 0.05) is 25.3 Å². The predicted molar refractivity (Wildman–Crippen MR) is 156 cm³/mol. The molecule has 4 bridgehead atoms. The molecule has 0 aromatic heterocycles. The van der Waals surface area contributed by atoms with E-state index in [1.165, 1.54) is 6.08 Å². The van der Waals surface area contributed by atoms with Crippen LogP contribution in [0.4, 0.5) is 0 Å². The fraction of sp³-hybridized carbons (Fsp3) is 0.781. The molecule has 5 N–H and O–H groups in total. The summed E-state index contributed by atoms with van der Waals surface area (Å²) in [5.41, 5.74) is 0. The summed E-state index contributed by atoms with van der Waals surface area (Å²) in [6.45, 7) is 5.40. The average Bonchev–Trinajstić information content (AvgIpc) is 3.34. The van der Waals surface area contributed by atoms with Crippen molar-refractivity contribution in [2.75, 3.05) is 6.61 Å². The van der Waals surface area contributed by atoms with Gasteiger partial charge in [0.1, 0.15) is 24.4 Å². The Morgan fingerprint density at radius 3 is 2.35 bits per heavy atom. The van der Waals surface area contributed by atoms with Gasteiger partial charge in [-0.2, -0.15) is 0 Å². The number of aliphatic hydroxyl groups is 5. The zero-order valence-electron chi connectivity index (χ0n) is 25.4. The second kappa shape index (κ2) is 16.1. The fourth-order valence-electron chi connectivity index (χ4n) is 6.40. The van der Waals surface area contributed by atoms with Gasteiger partial charge in [-0.25, -0.2) is 4.79 Å². The van der Waals surface area contributed by atoms with Crippen LogP contribution >= 0.6 is 0 Å². The minimum Gasteiger partial charge on any atom is -0.457 e. The molecule has 0 spiro atoms. The van der Waals surface area contributed by atoms with Crippen molar-refractivity contribution in [3.05, 3.63) is 36.5 Å². The van der Waals surface area contributed by atoms with Crippen LogP contribution in [0.15, 0.2) is 36.5 Å². The number of rotatable bonds is 3. The lowest BCUT2D eigenvalue weighted by Crippen LogP contribution is -2.58. The van der Waals surface area contributed by atoms with E-state index >= 15 is 0 Å². The quantitative estimate of drug-likeness (QED) is 0.295. The van der Waals surface area contributed by atoms with E-state index in [4.69, 9.17) is 23.7 Å². The second-order valence-corrected chi connectivity index (χ2v) is 12.7. The molecule has 3 saturated heterocycles. The molecule has 43 heavy (non-hydrogen) atoms. The summed E-state index contributed by atoms with van der Waals surface area (Å²) in [7, 11) is 0. The molecule has 4 heterocycles. The Balaban J connectivity index is 1.46. The normalized spacial score (nSPS) is 47.6. The highest BCUT2D eigenvalue weighted by atomic mass is 16.7. The number of allylic oxidation sites excluding steroid dienone is 3. The maximum absolute atomic E-state index is 12.6. The molecule has 244 valence electrons. The highest BCUT2D eigenvalue weighted by molar-refractivity contribution is 5.82. The first-order valence-electron chi connectivity index (χ1n) is 15.7. The molecule has 11 nitrogen and oxygen atoms in total. The molecule has 0 unspecified atom stereocenters. The molecule has 11 heteroatoms. The zero-order valence-corrected chi connectivity index (χ0v) is 25.4. The van der Waals surface area contributed by atoms with Gasteiger partial charge in [0.05, 0.1) is 49.3 Å². The zero-order chi connectivity index (χ0) is 31.1. The Hall–Kier alpha value is -1.67. The molecule has 4 aliphatic rings. The van der Waals surface area contributed by atoms with Crippen molar-refractivity contribution < 1.29 is 54.0 Å². The number of carbonyl (C=O) groups excluding carboxylic acids is 1. The summed E-state index contributed by atoms with van der Waals surface area (Å²) in [5.74, 6) is -0.176. The lowest BCUT2D eigenvalue weighted by atomic mass is 9.92. The van der Waals surface area contributed by atoms with Crippen molar-refractivity contribution in [3.63, 3.8) is 0 Å². The molecule has 3 fully saturated rings. The number of fused-ring (bicyclic) bond motifs is 4. The van der Waals surface area contributed by atoms with Gasteiger partial charge in [0.2, 0.25) is 0 Å². The molecule has 0 aromatic rings. The third-order valence-electron chi connectivity index (χ3n) is 8.92. The maximum Gasteiger partial charge on any atom is 0.330 e. The van der Waals surface area contributed by atoms with E-state index in [0.717, 1.165) is 6.42 Å². The molecular weight excluding hydrogens is 560 g/mol. The first-order valence-corrected chi connectivity index (χ1v) is 15.7. The summed E-state index contributed by atoms with van der Waals surface area (Å²) in [5, 5.41) is 51.3. The van der Waals surface area contributed by atoms with Crippen LogP contribution in [0.3, 0.4) is 0 Å². The second-order valence-electron chi connectivity index (χ2n) is 12.7. The minimum atomic E-state index is -1.40. The Morgan fingerprint density at radius 2 is 1.58 bits per heavy atom. The van der Waals surface area contributed by atoms with Crippen LogP contribution in [0, 0.1) is 11.8 Å². The molecule has 0 radical (unpaired) electrons. The van der Waals surface area contributed by atoms with Crippen LogP contribution in [0.1, 0.15) is 65.7 Å². The monoisotopic (exact) mass is 610 g/mol. The maximum atomic E-state index is 12.6. The number of esters is 1. The molecule has 0 amide bonds. The van der Waals surface area contributed by atoms with E-state index in [1.54, 1.807) is 13.0 Å². The topological polar surface area (TPSA) is 164 Å². The van der Waals surface area contributed by atoms with Gasteiger partial charge in [0.15, 0.2) is 6.29 Å². The van der Waals surface area contributed by atoms with Gasteiger partial charge >= 0.3 is 5.97 Å². The van der Waals surface area contributed by atoms with Gasteiger partial charge in [-0.3, -0.25) is 0 Å². The van der Waals surface area contributed by atoms with Gasteiger partial charge in [0.25, 0.3) is 0 Å². The van der Waals surface area contributed by atoms with Gasteiger partial charge in [-0.05, 0) is 44.4 Å². The van der Waals surface area contributed by atoms with E-state index < -0.39 is 55.5 Å². The Bertz CT molecular complexity index is 969. The summed E-state index contributed by atoms with van der Waals surface area (Å²) < 4.78 is 29.7. The fourth-order valence-corrected chi connectivity index (χ4v) is 6.40. The van der Waals surface area contributed by atoms with Crippen LogP contribution in [-0.2, 0) is 28.5 Å². The third kappa shape index (κ3) is 9.66. The van der Waals surface area contributed by atoms with Crippen LogP contribution < -0.4 is 0 Å². The standard InChI is InChI=1S/C32H50O11/c1-18-8-5-4-6-10-26-19(2)13-27(43-26)25(34)16-24(17-33)41-28(35)11-7-9-21-14-23(15-22(12-18)40-21)42-32-31(38)30(37)29(36)20(3)39-32/h4-8,11,18-27,29-34,36-38H,9-10,12-17H2,1-3H3/b6-4-,8-5+,11-7+/t18-,19-,20-,21-,22+,23+,24-,25-,26-,27-,29-,30+,31+,32-/m0/s1. The largest absolute Gasteiger partial charge is 0.457 e. The third-order valence-corrected chi connectivity index (χ3v) is 8.92. The highest BCUT2D eigenvalue weighted by Crippen LogP contribution is 2.33. The first-order chi connectivity index (χ1) is 20.5. The number of ether oxygens (including phenoxy) is 5. The van der Waals surface area contributed by atoms with Crippen LogP contribution in [0.5, 0.6) is 0 Å². The lowest BCUT2D eigenvalue weighted by Gasteiger charge is -2.42. The summed E-state index contributed by atoms with van der Waals surface area (Å²) in [6, 6.07) is 0. The molecule has 0 saturated carbocycles. The van der Waals surface area contributed by atoms with Crippen molar-refractivity contribution >= 4 is 5.97 Å². The number of cyclic esters (lactones) is 1. The van der Waals surface area contributed by atoms with Crippen LogP contribution in [0.25, 0.3) is 0 Å². The Kier molecular flexibility index (Phi) is 12.8. The van der Waals surface area contributed by atoms with E-state index in [0.29, 0.717) is 32.1 Å². The highest BCUT2D eigenvalue weighted by Gasteiger charge is 2.44. The van der Waals surface area contributed by atoms with E-state index in [-0.39, 0.29) is 48.8 Å². The predicted octanol–water partition coefficient (Wildman–Crippen LogP) is 1.68. The first kappa shape index (κ1) is 34.2. The van der Waals surface area contributed by atoms with Crippen molar-refractivity contribution in [2.24, 2.45) is 11.8 Å². The number of carbonyl (C=O) groups is 1. The summed E-state index contributed by atoms with van der Waals surface area (Å²) in [4.78, 5) is 12.6. The van der Waals surface area contributed by atoms with Crippen molar-refractivity contribution in [3.8, 4) is 0 Å². The van der Waals surface area contributed by atoms with Crippen molar-refractivity contribution in [1.29, 1.82) is 0 Å². The lowest BCUT2D eigenvalue weighted by molar-refractivity contribution is -0.311. The summed E-state index contributed by atoms with van der Waals surface area (Å²) >= 11 is 0. The van der Waals surface area contributed by atoms with Crippen molar-refractivity contribution in [2.45, 2.75) is 139 Å². The molecule has 4 aliphatic heterocycles. The Morgan fingerprint density at radius 1 is 0.814 bits per heavy atom. The molecular formula is C32H50O11. The molecule has 0 aromatic carbocycles. The molecule has 14 atom stereocenters. The number of aliphatic hydroxyl groups excluding tert-OH is 5. The summed E-state index contributed by atoms with van der Waals surface area (Å²) in [6.07, 6.45) is 6.01. The number of hydrogen-bond acceptors (Lipinski definition) is 11. The number of hydrogen-bond donors (Lipinski definition) is 5. The van der Waals surface area contributed by atoms with E-state index in [9.17, 15) is 30.3 Å². The van der Waals surface area contributed by atoms with Gasteiger partial charge in [-0.15, -0.1) is 0 Å².